The van der Waals surface area contributed by atoms with Crippen LogP contribution in [0.2, 0.25) is 5.02 Å². The second-order valence-electron chi connectivity index (χ2n) is 6.32. The van der Waals surface area contributed by atoms with E-state index < -0.39 is 22.1 Å². The molecule has 0 bridgehead atoms. The lowest BCUT2D eigenvalue weighted by Gasteiger charge is -2.26. The topological polar surface area (TPSA) is 81.1 Å². The smallest absolute Gasteiger partial charge is 0.406 e. The van der Waals surface area contributed by atoms with Gasteiger partial charge < -0.3 is 9.57 Å². The molecule has 0 N–H and O–H groups in total. The van der Waals surface area contributed by atoms with Crippen molar-refractivity contribution in [2.75, 3.05) is 13.1 Å². The van der Waals surface area contributed by atoms with Gasteiger partial charge in [0.15, 0.2) is 0 Å². The fourth-order valence-corrected chi connectivity index (χ4v) is 4.37. The molecule has 7 nitrogen and oxygen atoms in total. The monoisotopic (exact) mass is 463 g/mol. The maximum atomic E-state index is 12.7. The van der Waals surface area contributed by atoms with Crippen LogP contribution in [-0.4, -0.2) is 42.9 Å². The molecule has 2 heterocycles. The summed E-state index contributed by atoms with van der Waals surface area (Å²) in [5.74, 6) is -0.485. The number of benzene rings is 1. The van der Waals surface area contributed by atoms with Gasteiger partial charge in [-0.2, -0.15) is 4.31 Å². The van der Waals surface area contributed by atoms with Gasteiger partial charge in [-0.3, -0.25) is 4.98 Å². The Morgan fingerprint density at radius 2 is 1.80 bits per heavy atom. The summed E-state index contributed by atoms with van der Waals surface area (Å²) in [5.41, 5.74) is 1.44. The van der Waals surface area contributed by atoms with E-state index in [1.165, 1.54) is 10.5 Å². The highest BCUT2D eigenvalue weighted by atomic mass is 35.5. The molecular formula is C18H17ClF3N3O4S. The van der Waals surface area contributed by atoms with Crippen LogP contribution in [0.5, 0.6) is 5.75 Å². The number of piperidine rings is 1. The van der Waals surface area contributed by atoms with Gasteiger partial charge in [-0.15, -0.1) is 13.2 Å². The maximum absolute atomic E-state index is 12.7. The molecule has 162 valence electrons. The first-order valence-electron chi connectivity index (χ1n) is 8.77. The summed E-state index contributed by atoms with van der Waals surface area (Å²) < 4.78 is 67.1. The van der Waals surface area contributed by atoms with E-state index in [0.29, 0.717) is 23.6 Å². The number of sulfonamides is 1. The quantitative estimate of drug-likeness (QED) is 0.605. The predicted molar refractivity (Wildman–Crippen MR) is 103 cm³/mol. The van der Waals surface area contributed by atoms with E-state index in [4.69, 9.17) is 16.4 Å². The second kappa shape index (κ2) is 9.19. The number of rotatable bonds is 6. The van der Waals surface area contributed by atoms with Crippen molar-refractivity contribution in [1.82, 2.24) is 9.29 Å². The van der Waals surface area contributed by atoms with Crippen LogP contribution in [0, 0.1) is 0 Å². The van der Waals surface area contributed by atoms with E-state index in [1.54, 1.807) is 12.3 Å². The third kappa shape index (κ3) is 5.83. The summed E-state index contributed by atoms with van der Waals surface area (Å²) >= 11 is 5.99. The number of ether oxygens (including phenoxy) is 1. The standard InChI is InChI=1S/C18H17ClF3N3O4S/c19-17-11-23-8-5-13(17)12-28-24-14-6-9-25(10-7-14)30(26,27)16-3-1-15(2-4-16)29-18(20,21)22/h1-5,8,11H,6-7,9-10,12H2. The number of nitrogens with zero attached hydrogens (tertiary/aromatic N) is 3. The molecule has 0 spiro atoms. The van der Waals surface area contributed by atoms with Crippen LogP contribution in [0.1, 0.15) is 18.4 Å². The Hall–Kier alpha value is -2.37. The van der Waals surface area contributed by atoms with E-state index in [1.807, 2.05) is 0 Å². The molecule has 1 aromatic heterocycles. The summed E-state index contributed by atoms with van der Waals surface area (Å²) in [7, 11) is -3.84. The highest BCUT2D eigenvalue weighted by Gasteiger charge is 2.32. The normalized spacial score (nSPS) is 15.7. The van der Waals surface area contributed by atoms with Gasteiger partial charge in [-0.05, 0) is 30.3 Å². The first-order chi connectivity index (χ1) is 14.1. The van der Waals surface area contributed by atoms with Crippen molar-refractivity contribution in [3.63, 3.8) is 0 Å². The van der Waals surface area contributed by atoms with Crippen LogP contribution in [-0.2, 0) is 21.5 Å². The molecule has 2 aromatic rings. The fraction of sp³-hybridized carbons (Fsp3) is 0.333. The van der Waals surface area contributed by atoms with E-state index in [0.717, 1.165) is 29.8 Å². The minimum Gasteiger partial charge on any atom is -0.406 e. The third-order valence-corrected chi connectivity index (χ3v) is 6.52. The van der Waals surface area contributed by atoms with Gasteiger partial charge in [0, 0.05) is 43.9 Å². The number of pyridine rings is 1. The highest BCUT2D eigenvalue weighted by Crippen LogP contribution is 2.26. The number of hydrogen-bond donors (Lipinski definition) is 0. The summed E-state index contributed by atoms with van der Waals surface area (Å²) in [4.78, 5) is 9.07. The Morgan fingerprint density at radius 3 is 2.40 bits per heavy atom. The molecule has 1 fully saturated rings. The van der Waals surface area contributed by atoms with Crippen molar-refractivity contribution in [2.24, 2.45) is 5.16 Å². The van der Waals surface area contributed by atoms with Gasteiger partial charge in [-0.25, -0.2) is 8.42 Å². The molecule has 0 unspecified atom stereocenters. The molecule has 0 saturated carbocycles. The Kier molecular flexibility index (Phi) is 6.84. The average Bonchev–Trinajstić information content (AvgIpc) is 2.69. The molecule has 3 rings (SSSR count). The Balaban J connectivity index is 1.56. The molecule has 0 amide bonds. The lowest BCUT2D eigenvalue weighted by atomic mass is 10.1. The number of alkyl halides is 3. The van der Waals surface area contributed by atoms with Crippen LogP contribution in [0.3, 0.4) is 0 Å². The first kappa shape index (κ1) is 22.3. The molecule has 0 aliphatic carbocycles. The minimum atomic E-state index is -4.84. The number of oxime groups is 1. The van der Waals surface area contributed by atoms with Gasteiger partial charge in [0.1, 0.15) is 12.4 Å². The lowest BCUT2D eigenvalue weighted by Crippen LogP contribution is -2.38. The van der Waals surface area contributed by atoms with Crippen LogP contribution in [0.4, 0.5) is 13.2 Å². The van der Waals surface area contributed by atoms with Crippen molar-refractivity contribution in [2.45, 2.75) is 30.7 Å². The zero-order valence-corrected chi connectivity index (χ0v) is 17.0. The van der Waals surface area contributed by atoms with Crippen LogP contribution in [0.15, 0.2) is 52.8 Å². The van der Waals surface area contributed by atoms with Gasteiger partial charge in [0.25, 0.3) is 0 Å². The average molecular weight is 464 g/mol. The van der Waals surface area contributed by atoms with Crippen molar-refractivity contribution >= 4 is 27.3 Å². The summed E-state index contributed by atoms with van der Waals surface area (Å²) in [5, 5.41) is 4.51. The van der Waals surface area contributed by atoms with Crippen molar-refractivity contribution < 1.29 is 31.2 Å². The lowest BCUT2D eigenvalue weighted by molar-refractivity contribution is -0.274. The number of aromatic nitrogens is 1. The Labute approximate surface area is 176 Å². The second-order valence-corrected chi connectivity index (χ2v) is 8.67. The predicted octanol–water partition coefficient (Wildman–Crippen LogP) is 3.99. The fourth-order valence-electron chi connectivity index (χ4n) is 2.75. The molecule has 1 aromatic carbocycles. The molecule has 1 aliphatic heterocycles. The van der Waals surface area contributed by atoms with E-state index >= 15 is 0 Å². The van der Waals surface area contributed by atoms with Crippen molar-refractivity contribution in [3.05, 3.63) is 53.3 Å². The molecule has 30 heavy (non-hydrogen) atoms. The van der Waals surface area contributed by atoms with Crippen LogP contribution < -0.4 is 4.74 Å². The summed E-state index contributed by atoms with van der Waals surface area (Å²) in [6.07, 6.45) is -1.01. The maximum Gasteiger partial charge on any atom is 0.573 e. The molecule has 12 heteroatoms. The van der Waals surface area contributed by atoms with E-state index in [9.17, 15) is 21.6 Å². The SMILES string of the molecule is O=S(=O)(c1ccc(OC(F)(F)F)cc1)N1CCC(=NOCc2ccncc2Cl)CC1. The number of halogens is 4. The molecule has 1 aliphatic rings. The van der Waals surface area contributed by atoms with Gasteiger partial charge >= 0.3 is 6.36 Å². The summed E-state index contributed by atoms with van der Waals surface area (Å²) in [6, 6.07) is 5.82. The molecule has 1 saturated heterocycles. The van der Waals surface area contributed by atoms with Gasteiger partial charge in [0.05, 0.1) is 15.6 Å². The van der Waals surface area contributed by atoms with Crippen LogP contribution >= 0.6 is 11.6 Å². The van der Waals surface area contributed by atoms with E-state index in [-0.39, 0.29) is 24.6 Å². The highest BCUT2D eigenvalue weighted by molar-refractivity contribution is 7.89. The molecule has 0 atom stereocenters. The minimum absolute atomic E-state index is 0.110. The zero-order chi connectivity index (χ0) is 21.8. The Morgan fingerprint density at radius 1 is 1.13 bits per heavy atom. The summed E-state index contributed by atoms with van der Waals surface area (Å²) in [6.45, 7) is 0.530. The zero-order valence-electron chi connectivity index (χ0n) is 15.5. The number of hydrogen-bond acceptors (Lipinski definition) is 6. The molecular weight excluding hydrogens is 447 g/mol. The van der Waals surface area contributed by atoms with Crippen molar-refractivity contribution in [3.8, 4) is 5.75 Å². The van der Waals surface area contributed by atoms with Crippen LogP contribution in [0.25, 0.3) is 0 Å². The third-order valence-electron chi connectivity index (χ3n) is 4.26. The van der Waals surface area contributed by atoms with Crippen molar-refractivity contribution in [1.29, 1.82) is 0 Å². The van der Waals surface area contributed by atoms with Gasteiger partial charge in [0.2, 0.25) is 10.0 Å². The molecule has 0 radical (unpaired) electrons. The van der Waals surface area contributed by atoms with E-state index in [2.05, 4.69) is 14.9 Å². The van der Waals surface area contributed by atoms with Gasteiger partial charge in [-0.1, -0.05) is 16.8 Å². The first-order valence-corrected chi connectivity index (χ1v) is 10.6. The Bertz CT molecular complexity index is 1000. The largest absolute Gasteiger partial charge is 0.573 e.